The normalized spacial score (nSPS) is 10.9. The molecular formula is C23H21N5OS. The molecule has 3 aromatic carbocycles. The molecule has 1 heterocycles. The molecule has 4 rings (SSSR count). The molecule has 0 saturated heterocycles. The van der Waals surface area contributed by atoms with Crippen molar-refractivity contribution >= 4 is 17.7 Å². The molecule has 0 saturated carbocycles. The number of rotatable bonds is 7. The number of para-hydroxylation sites is 1. The first-order valence-corrected chi connectivity index (χ1v) is 10.5. The van der Waals surface area contributed by atoms with Gasteiger partial charge in [-0.2, -0.15) is 4.68 Å². The number of aromatic nitrogens is 4. The highest BCUT2D eigenvalue weighted by atomic mass is 32.2. The van der Waals surface area contributed by atoms with Gasteiger partial charge in [-0.1, -0.05) is 90.6 Å². The molecule has 0 spiro atoms. The Morgan fingerprint density at radius 3 is 2.00 bits per heavy atom. The Bertz CT molecular complexity index is 1050. The fourth-order valence-corrected chi connectivity index (χ4v) is 4.10. The van der Waals surface area contributed by atoms with Crippen LogP contribution in [0.15, 0.2) is 96.2 Å². The molecule has 1 aromatic heterocycles. The quantitative estimate of drug-likeness (QED) is 0.427. The van der Waals surface area contributed by atoms with Gasteiger partial charge in [0.15, 0.2) is 0 Å². The fraction of sp³-hybridized carbons (Fsp3) is 0.130. The first kappa shape index (κ1) is 19.8. The molecule has 150 valence electrons. The fourth-order valence-electron chi connectivity index (χ4n) is 3.28. The van der Waals surface area contributed by atoms with Crippen molar-refractivity contribution in [1.82, 2.24) is 25.1 Å². The summed E-state index contributed by atoms with van der Waals surface area (Å²) in [5.74, 6) is 0.236. The Morgan fingerprint density at radius 1 is 0.900 bits per heavy atom. The molecule has 6 nitrogen and oxygen atoms in total. The summed E-state index contributed by atoms with van der Waals surface area (Å²) >= 11 is 1.33. The van der Waals surface area contributed by atoms with Crippen molar-refractivity contribution in [2.24, 2.45) is 0 Å². The molecule has 0 bridgehead atoms. The molecule has 0 aliphatic carbocycles. The molecule has 1 amide bonds. The van der Waals surface area contributed by atoms with Gasteiger partial charge in [0.25, 0.3) is 0 Å². The average Bonchev–Trinajstić information content (AvgIpc) is 3.28. The number of thioether (sulfide) groups is 1. The number of tetrazole rings is 1. The lowest BCUT2D eigenvalue weighted by atomic mass is 9.97. The summed E-state index contributed by atoms with van der Waals surface area (Å²) < 4.78 is 1.64. The number of nitrogens with zero attached hydrogens (tertiary/aromatic N) is 5. The van der Waals surface area contributed by atoms with Crippen LogP contribution in [0.1, 0.15) is 17.2 Å². The molecule has 0 radical (unpaired) electrons. The second-order valence-electron chi connectivity index (χ2n) is 6.73. The maximum Gasteiger partial charge on any atom is 0.233 e. The molecular weight excluding hydrogens is 394 g/mol. The van der Waals surface area contributed by atoms with E-state index in [0.717, 1.165) is 16.8 Å². The predicted octanol–water partition coefficient (Wildman–Crippen LogP) is 4.00. The number of hydrogen-bond donors (Lipinski definition) is 0. The van der Waals surface area contributed by atoms with Crippen LogP contribution in [0.4, 0.5) is 0 Å². The van der Waals surface area contributed by atoms with E-state index in [-0.39, 0.29) is 17.7 Å². The monoisotopic (exact) mass is 415 g/mol. The summed E-state index contributed by atoms with van der Waals surface area (Å²) in [6, 6.07) is 29.6. The number of amides is 1. The van der Waals surface area contributed by atoms with E-state index in [9.17, 15) is 4.79 Å². The van der Waals surface area contributed by atoms with Crippen LogP contribution in [0.25, 0.3) is 5.69 Å². The largest absolute Gasteiger partial charge is 0.334 e. The highest BCUT2D eigenvalue weighted by molar-refractivity contribution is 7.99. The maximum atomic E-state index is 13.1. The number of hydrogen-bond acceptors (Lipinski definition) is 5. The van der Waals surface area contributed by atoms with Gasteiger partial charge < -0.3 is 4.90 Å². The zero-order chi connectivity index (χ0) is 20.8. The molecule has 0 unspecified atom stereocenters. The van der Waals surface area contributed by atoms with E-state index in [1.807, 2.05) is 98.0 Å². The van der Waals surface area contributed by atoms with Gasteiger partial charge in [-0.05, 0) is 33.7 Å². The second kappa shape index (κ2) is 9.37. The predicted molar refractivity (Wildman–Crippen MR) is 117 cm³/mol. The van der Waals surface area contributed by atoms with Crippen molar-refractivity contribution in [3.8, 4) is 5.69 Å². The zero-order valence-electron chi connectivity index (χ0n) is 16.5. The minimum Gasteiger partial charge on any atom is -0.334 e. The van der Waals surface area contributed by atoms with Gasteiger partial charge in [-0.3, -0.25) is 4.79 Å². The van der Waals surface area contributed by atoms with Gasteiger partial charge in [0, 0.05) is 7.05 Å². The molecule has 7 heteroatoms. The van der Waals surface area contributed by atoms with Crippen LogP contribution in [-0.2, 0) is 4.79 Å². The van der Waals surface area contributed by atoms with Crippen LogP contribution >= 0.6 is 11.8 Å². The summed E-state index contributed by atoms with van der Waals surface area (Å²) in [4.78, 5) is 14.9. The summed E-state index contributed by atoms with van der Waals surface area (Å²) in [6.45, 7) is 0. The van der Waals surface area contributed by atoms with E-state index in [4.69, 9.17) is 0 Å². The van der Waals surface area contributed by atoms with Gasteiger partial charge >= 0.3 is 0 Å². The van der Waals surface area contributed by atoms with Crippen molar-refractivity contribution in [3.63, 3.8) is 0 Å². The van der Waals surface area contributed by atoms with Crippen LogP contribution < -0.4 is 0 Å². The van der Waals surface area contributed by atoms with E-state index >= 15 is 0 Å². The highest BCUT2D eigenvalue weighted by Crippen LogP contribution is 2.28. The first-order valence-electron chi connectivity index (χ1n) is 9.56. The molecule has 0 fully saturated rings. The topological polar surface area (TPSA) is 63.9 Å². The molecule has 4 aromatic rings. The lowest BCUT2D eigenvalue weighted by Crippen LogP contribution is -2.33. The Morgan fingerprint density at radius 2 is 1.43 bits per heavy atom. The van der Waals surface area contributed by atoms with Crippen LogP contribution in [0.3, 0.4) is 0 Å². The van der Waals surface area contributed by atoms with Crippen molar-refractivity contribution in [3.05, 3.63) is 102 Å². The third-order valence-electron chi connectivity index (χ3n) is 4.78. The Labute approximate surface area is 179 Å². The molecule has 0 atom stereocenters. The van der Waals surface area contributed by atoms with Gasteiger partial charge in [0.1, 0.15) is 0 Å². The average molecular weight is 416 g/mol. The first-order chi connectivity index (χ1) is 14.7. The number of carbonyl (C=O) groups is 1. The SMILES string of the molecule is CN(C(=O)CSc1nnnn1-c1ccccc1)C(c1ccccc1)c1ccccc1. The van der Waals surface area contributed by atoms with Gasteiger partial charge in [-0.15, -0.1) is 5.10 Å². The van der Waals surface area contributed by atoms with Gasteiger partial charge in [0.2, 0.25) is 11.1 Å². The summed E-state index contributed by atoms with van der Waals surface area (Å²) in [5, 5.41) is 12.5. The number of benzene rings is 3. The minimum atomic E-state index is -0.161. The summed E-state index contributed by atoms with van der Waals surface area (Å²) in [6.07, 6.45) is 0. The summed E-state index contributed by atoms with van der Waals surface area (Å²) in [5.41, 5.74) is 2.99. The van der Waals surface area contributed by atoms with Crippen LogP contribution in [0, 0.1) is 0 Å². The Kier molecular flexibility index (Phi) is 6.20. The van der Waals surface area contributed by atoms with Gasteiger partial charge in [0.05, 0.1) is 17.5 Å². The highest BCUT2D eigenvalue weighted by Gasteiger charge is 2.24. The van der Waals surface area contributed by atoms with Crippen molar-refractivity contribution in [2.45, 2.75) is 11.2 Å². The molecule has 0 aliphatic rings. The minimum absolute atomic E-state index is 0.000294. The lowest BCUT2D eigenvalue weighted by molar-refractivity contribution is -0.128. The molecule has 0 N–H and O–H groups in total. The van der Waals surface area contributed by atoms with E-state index in [1.54, 1.807) is 9.58 Å². The van der Waals surface area contributed by atoms with E-state index < -0.39 is 0 Å². The maximum absolute atomic E-state index is 13.1. The number of carbonyl (C=O) groups excluding carboxylic acids is 1. The van der Waals surface area contributed by atoms with Gasteiger partial charge in [-0.25, -0.2) is 0 Å². The molecule has 30 heavy (non-hydrogen) atoms. The standard InChI is InChI=1S/C23H21N5OS/c1-27(22(18-11-5-2-6-12-18)19-13-7-3-8-14-19)21(29)17-30-23-24-25-26-28(23)20-15-9-4-10-16-20/h2-16,22H,17H2,1H3. The summed E-state index contributed by atoms with van der Waals surface area (Å²) in [7, 11) is 1.84. The smallest absolute Gasteiger partial charge is 0.233 e. The molecule has 0 aliphatic heterocycles. The Balaban J connectivity index is 1.52. The van der Waals surface area contributed by atoms with Crippen LogP contribution in [0.5, 0.6) is 0 Å². The Hall–Kier alpha value is -3.45. The third-order valence-corrected chi connectivity index (χ3v) is 5.68. The van der Waals surface area contributed by atoms with Crippen molar-refractivity contribution < 1.29 is 4.79 Å². The van der Waals surface area contributed by atoms with Crippen LogP contribution in [0.2, 0.25) is 0 Å². The lowest BCUT2D eigenvalue weighted by Gasteiger charge is -2.29. The zero-order valence-corrected chi connectivity index (χ0v) is 17.3. The second-order valence-corrected chi connectivity index (χ2v) is 7.67. The van der Waals surface area contributed by atoms with Crippen molar-refractivity contribution in [2.75, 3.05) is 12.8 Å². The van der Waals surface area contributed by atoms with E-state index in [2.05, 4.69) is 15.5 Å². The van der Waals surface area contributed by atoms with Crippen molar-refractivity contribution in [1.29, 1.82) is 0 Å². The van der Waals surface area contributed by atoms with Crippen LogP contribution in [-0.4, -0.2) is 43.8 Å². The van der Waals surface area contributed by atoms with E-state index in [1.165, 1.54) is 11.8 Å². The van der Waals surface area contributed by atoms with E-state index in [0.29, 0.717) is 5.16 Å². The third kappa shape index (κ3) is 4.41.